The lowest BCUT2D eigenvalue weighted by molar-refractivity contribution is 0.0937. The van der Waals surface area contributed by atoms with Crippen molar-refractivity contribution in [1.29, 1.82) is 0 Å². The predicted octanol–water partition coefficient (Wildman–Crippen LogP) is 3.75. The molecule has 0 saturated heterocycles. The van der Waals surface area contributed by atoms with E-state index in [-0.39, 0.29) is 17.3 Å². The Hall–Kier alpha value is -1.02. The molecule has 0 bridgehead atoms. The van der Waals surface area contributed by atoms with E-state index in [4.69, 9.17) is 11.6 Å². The summed E-state index contributed by atoms with van der Waals surface area (Å²) in [6.45, 7) is 9.91. The Morgan fingerprint density at radius 3 is 2.17 bits per heavy atom. The average molecular weight is 268 g/mol. The van der Waals surface area contributed by atoms with Gasteiger partial charge in [-0.25, -0.2) is 0 Å². The summed E-state index contributed by atoms with van der Waals surface area (Å²) < 4.78 is 0. The molecule has 1 aromatic rings. The zero-order valence-electron chi connectivity index (χ0n) is 11.8. The maximum absolute atomic E-state index is 12.2. The number of benzene rings is 1. The first-order valence-electron chi connectivity index (χ1n) is 6.34. The van der Waals surface area contributed by atoms with Crippen molar-refractivity contribution in [2.45, 2.75) is 52.5 Å². The summed E-state index contributed by atoms with van der Waals surface area (Å²) in [7, 11) is 0. The highest BCUT2D eigenvalue weighted by atomic mass is 35.5. The van der Waals surface area contributed by atoms with Crippen LogP contribution < -0.4 is 5.32 Å². The number of carbonyl (C=O) groups excluding carboxylic acids is 1. The number of amides is 1. The third-order valence-electron chi connectivity index (χ3n) is 2.96. The summed E-state index contributed by atoms with van der Waals surface area (Å²) >= 11 is 5.93. The molecule has 1 rings (SSSR count). The molecule has 0 fully saturated rings. The summed E-state index contributed by atoms with van der Waals surface area (Å²) in [5.74, 6) is -0.00480. The Balaban J connectivity index is 2.85. The minimum atomic E-state index is -0.00480. The summed E-state index contributed by atoms with van der Waals surface area (Å²) in [6.07, 6.45) is 0.775. The molecule has 2 unspecified atom stereocenters. The fourth-order valence-electron chi connectivity index (χ4n) is 2.38. The van der Waals surface area contributed by atoms with Gasteiger partial charge in [0.1, 0.15) is 0 Å². The molecule has 0 aliphatic rings. The van der Waals surface area contributed by atoms with Crippen molar-refractivity contribution in [3.05, 3.63) is 34.4 Å². The maximum atomic E-state index is 12.2. The van der Waals surface area contributed by atoms with Crippen LogP contribution in [-0.4, -0.2) is 17.3 Å². The average Bonchev–Trinajstić information content (AvgIpc) is 2.12. The summed E-state index contributed by atoms with van der Waals surface area (Å²) in [6, 6.07) is 4.16. The molecule has 18 heavy (non-hydrogen) atoms. The van der Waals surface area contributed by atoms with E-state index in [1.54, 1.807) is 0 Å². The number of aryl methyl sites for hydroxylation is 3. The molecular formula is C15H22ClNO. The summed E-state index contributed by atoms with van der Waals surface area (Å²) in [4.78, 5) is 12.2. The van der Waals surface area contributed by atoms with Crippen LogP contribution in [0.4, 0.5) is 0 Å². The van der Waals surface area contributed by atoms with Crippen LogP contribution >= 0.6 is 11.6 Å². The Morgan fingerprint density at radius 2 is 1.72 bits per heavy atom. The fourth-order valence-corrected chi connectivity index (χ4v) is 2.65. The molecule has 2 atom stereocenters. The van der Waals surface area contributed by atoms with Gasteiger partial charge in [0.15, 0.2) is 0 Å². The van der Waals surface area contributed by atoms with E-state index < -0.39 is 0 Å². The van der Waals surface area contributed by atoms with Crippen molar-refractivity contribution in [2.75, 3.05) is 0 Å². The SMILES string of the molecule is Cc1cc(C)c(C(=O)NC(C)CC(C)Cl)c(C)c1. The van der Waals surface area contributed by atoms with Gasteiger partial charge in [0, 0.05) is 17.0 Å². The van der Waals surface area contributed by atoms with Gasteiger partial charge in [-0.1, -0.05) is 17.7 Å². The van der Waals surface area contributed by atoms with E-state index in [0.29, 0.717) is 0 Å². The molecule has 0 saturated carbocycles. The Kier molecular flexibility index (Phi) is 5.21. The number of nitrogens with one attached hydrogen (secondary N) is 1. The zero-order chi connectivity index (χ0) is 13.9. The van der Waals surface area contributed by atoms with Crippen LogP contribution in [0.1, 0.15) is 47.3 Å². The Morgan fingerprint density at radius 1 is 1.22 bits per heavy atom. The normalized spacial score (nSPS) is 14.1. The largest absolute Gasteiger partial charge is 0.350 e. The van der Waals surface area contributed by atoms with Crippen molar-refractivity contribution in [2.24, 2.45) is 0 Å². The van der Waals surface area contributed by atoms with Crippen LogP contribution in [0.25, 0.3) is 0 Å². The minimum Gasteiger partial charge on any atom is -0.350 e. The first-order valence-corrected chi connectivity index (χ1v) is 6.77. The summed E-state index contributed by atoms with van der Waals surface area (Å²) in [5, 5.41) is 3.08. The van der Waals surface area contributed by atoms with E-state index in [0.717, 1.165) is 23.1 Å². The molecule has 3 heteroatoms. The lowest BCUT2D eigenvalue weighted by Gasteiger charge is -2.17. The van der Waals surface area contributed by atoms with Gasteiger partial charge in [-0.2, -0.15) is 0 Å². The van der Waals surface area contributed by atoms with E-state index in [1.807, 2.05) is 46.8 Å². The van der Waals surface area contributed by atoms with Crippen LogP contribution in [0.5, 0.6) is 0 Å². The molecular weight excluding hydrogens is 246 g/mol. The highest BCUT2D eigenvalue weighted by Crippen LogP contribution is 2.16. The molecule has 0 heterocycles. The van der Waals surface area contributed by atoms with Gasteiger partial charge in [0.05, 0.1) is 0 Å². The van der Waals surface area contributed by atoms with Gasteiger partial charge in [-0.15, -0.1) is 11.6 Å². The number of alkyl halides is 1. The second-order valence-electron chi connectivity index (χ2n) is 5.16. The first kappa shape index (κ1) is 15.0. The number of carbonyl (C=O) groups is 1. The lowest BCUT2D eigenvalue weighted by atomic mass is 9.99. The Bertz CT molecular complexity index is 417. The molecule has 0 aliphatic carbocycles. The van der Waals surface area contributed by atoms with E-state index >= 15 is 0 Å². The quantitative estimate of drug-likeness (QED) is 0.827. The fraction of sp³-hybridized carbons (Fsp3) is 0.533. The standard InChI is InChI=1S/C15H22ClNO/c1-9-6-10(2)14(11(3)7-9)15(18)17-13(5)8-12(4)16/h6-7,12-13H,8H2,1-5H3,(H,17,18). The predicted molar refractivity (Wildman–Crippen MR) is 77.5 cm³/mol. The van der Waals surface area contributed by atoms with Crippen LogP contribution in [-0.2, 0) is 0 Å². The molecule has 1 amide bonds. The van der Waals surface area contributed by atoms with Gasteiger partial charge in [0.25, 0.3) is 5.91 Å². The molecule has 1 N–H and O–H groups in total. The van der Waals surface area contributed by atoms with E-state index in [1.165, 1.54) is 5.56 Å². The van der Waals surface area contributed by atoms with E-state index in [2.05, 4.69) is 5.32 Å². The van der Waals surface area contributed by atoms with Gasteiger partial charge >= 0.3 is 0 Å². The zero-order valence-corrected chi connectivity index (χ0v) is 12.6. The minimum absolute atomic E-state index is 0.00480. The molecule has 0 spiro atoms. The monoisotopic (exact) mass is 267 g/mol. The van der Waals surface area contributed by atoms with Crippen molar-refractivity contribution < 1.29 is 4.79 Å². The molecule has 0 aromatic heterocycles. The van der Waals surface area contributed by atoms with Crippen molar-refractivity contribution >= 4 is 17.5 Å². The maximum Gasteiger partial charge on any atom is 0.252 e. The van der Waals surface area contributed by atoms with Crippen LogP contribution in [0.3, 0.4) is 0 Å². The molecule has 100 valence electrons. The smallest absolute Gasteiger partial charge is 0.252 e. The number of rotatable bonds is 4. The van der Waals surface area contributed by atoms with Gasteiger partial charge < -0.3 is 5.32 Å². The van der Waals surface area contributed by atoms with Crippen molar-refractivity contribution in [3.8, 4) is 0 Å². The van der Waals surface area contributed by atoms with Crippen molar-refractivity contribution in [3.63, 3.8) is 0 Å². The second-order valence-corrected chi connectivity index (χ2v) is 5.91. The van der Waals surface area contributed by atoms with Gasteiger partial charge in [-0.05, 0) is 52.2 Å². The van der Waals surface area contributed by atoms with Crippen LogP contribution in [0, 0.1) is 20.8 Å². The second kappa shape index (κ2) is 6.24. The molecule has 2 nitrogen and oxygen atoms in total. The highest BCUT2D eigenvalue weighted by Gasteiger charge is 2.15. The number of hydrogen-bond acceptors (Lipinski definition) is 1. The van der Waals surface area contributed by atoms with Gasteiger partial charge in [-0.3, -0.25) is 4.79 Å². The van der Waals surface area contributed by atoms with Crippen LogP contribution in [0.15, 0.2) is 12.1 Å². The summed E-state index contributed by atoms with van der Waals surface area (Å²) in [5.41, 5.74) is 4.02. The highest BCUT2D eigenvalue weighted by molar-refractivity contribution is 6.20. The van der Waals surface area contributed by atoms with Crippen LogP contribution in [0.2, 0.25) is 0 Å². The lowest BCUT2D eigenvalue weighted by Crippen LogP contribution is -2.34. The topological polar surface area (TPSA) is 29.1 Å². The molecule has 0 radical (unpaired) electrons. The third kappa shape index (κ3) is 4.02. The van der Waals surface area contributed by atoms with E-state index in [9.17, 15) is 4.79 Å². The first-order chi connectivity index (χ1) is 8.31. The van der Waals surface area contributed by atoms with Gasteiger partial charge in [0.2, 0.25) is 0 Å². The molecule has 1 aromatic carbocycles. The third-order valence-corrected chi connectivity index (χ3v) is 3.14. The number of halogens is 1. The Labute approximate surface area is 115 Å². The molecule has 0 aliphatic heterocycles. The number of hydrogen-bond donors (Lipinski definition) is 1. The van der Waals surface area contributed by atoms with Crippen molar-refractivity contribution in [1.82, 2.24) is 5.32 Å².